The molecule has 0 spiro atoms. The van der Waals surface area contributed by atoms with E-state index in [0.717, 1.165) is 17.7 Å². The molecule has 0 atom stereocenters. The molecule has 1 saturated carbocycles. The van der Waals surface area contributed by atoms with Crippen molar-refractivity contribution < 1.29 is 4.79 Å². The molecule has 2 rings (SSSR count). The van der Waals surface area contributed by atoms with Crippen LogP contribution >= 0.6 is 22.9 Å². The molecule has 0 radical (unpaired) electrons. The summed E-state index contributed by atoms with van der Waals surface area (Å²) in [5.74, 6) is 0.697. The van der Waals surface area contributed by atoms with Gasteiger partial charge in [-0.2, -0.15) is 0 Å². The quantitative estimate of drug-likeness (QED) is 0.836. The molecule has 1 amide bonds. The topological polar surface area (TPSA) is 29.1 Å². The van der Waals surface area contributed by atoms with Gasteiger partial charge in [-0.3, -0.25) is 4.79 Å². The average molecular weight is 286 g/mol. The minimum absolute atomic E-state index is 0.0487. The summed E-state index contributed by atoms with van der Waals surface area (Å²) in [5.41, 5.74) is 1.33. The Morgan fingerprint density at radius 1 is 1.44 bits per heavy atom. The Hall–Kier alpha value is -0.540. The zero-order valence-corrected chi connectivity index (χ0v) is 12.6. The van der Waals surface area contributed by atoms with Gasteiger partial charge in [0.15, 0.2) is 0 Å². The average Bonchev–Trinajstić information content (AvgIpc) is 2.95. The molecule has 1 aliphatic rings. The third-order valence-electron chi connectivity index (χ3n) is 3.96. The van der Waals surface area contributed by atoms with Crippen LogP contribution in [0.2, 0.25) is 0 Å². The Morgan fingerprint density at radius 3 is 2.61 bits per heavy atom. The van der Waals surface area contributed by atoms with Crippen molar-refractivity contribution >= 4 is 28.8 Å². The molecule has 4 heteroatoms. The Kier molecular flexibility index (Phi) is 4.33. The number of rotatable bonds is 4. The van der Waals surface area contributed by atoms with E-state index >= 15 is 0 Å². The monoisotopic (exact) mass is 285 g/mol. The Labute approximate surface area is 118 Å². The van der Waals surface area contributed by atoms with Gasteiger partial charge in [0.25, 0.3) is 5.91 Å². The Morgan fingerprint density at radius 2 is 2.11 bits per heavy atom. The lowest BCUT2D eigenvalue weighted by atomic mass is 9.88. The summed E-state index contributed by atoms with van der Waals surface area (Å²) in [4.78, 5) is 14.1. The number of halogens is 1. The Bertz CT molecular complexity index is 416. The molecule has 1 fully saturated rings. The second-order valence-corrected chi connectivity index (χ2v) is 6.90. The van der Waals surface area contributed by atoms with Crippen molar-refractivity contribution in [3.63, 3.8) is 0 Å². The molecule has 0 aliphatic heterocycles. The minimum Gasteiger partial charge on any atom is -0.351 e. The van der Waals surface area contributed by atoms with Gasteiger partial charge in [0.05, 0.1) is 4.88 Å². The van der Waals surface area contributed by atoms with Gasteiger partial charge in [0.2, 0.25) is 0 Å². The largest absolute Gasteiger partial charge is 0.351 e. The highest BCUT2D eigenvalue weighted by Crippen LogP contribution is 2.38. The lowest BCUT2D eigenvalue weighted by Crippen LogP contribution is -2.36. The van der Waals surface area contributed by atoms with Gasteiger partial charge in [0.1, 0.15) is 0 Å². The van der Waals surface area contributed by atoms with Crippen molar-refractivity contribution in [2.75, 3.05) is 12.4 Å². The number of aryl methyl sites for hydroxylation is 2. The van der Waals surface area contributed by atoms with Gasteiger partial charge < -0.3 is 5.32 Å². The first kappa shape index (κ1) is 13.9. The lowest BCUT2D eigenvalue weighted by Gasteiger charge is -2.26. The van der Waals surface area contributed by atoms with Crippen molar-refractivity contribution in [3.8, 4) is 0 Å². The number of carbonyl (C=O) groups excluding carboxylic acids is 1. The van der Waals surface area contributed by atoms with Crippen molar-refractivity contribution in [3.05, 3.63) is 21.4 Å². The molecule has 1 aromatic rings. The van der Waals surface area contributed by atoms with Crippen molar-refractivity contribution in [1.82, 2.24) is 5.32 Å². The van der Waals surface area contributed by atoms with Crippen molar-refractivity contribution in [1.29, 1.82) is 0 Å². The SMILES string of the molecule is Cc1cc(C(=O)NCC2(CCl)CCCC2)sc1C. The molecule has 0 bridgehead atoms. The highest BCUT2D eigenvalue weighted by molar-refractivity contribution is 7.14. The molecule has 1 aliphatic carbocycles. The predicted octanol–water partition coefficient (Wildman–Crippen LogP) is 3.89. The van der Waals surface area contributed by atoms with E-state index in [-0.39, 0.29) is 11.3 Å². The van der Waals surface area contributed by atoms with Gasteiger partial charge in [-0.25, -0.2) is 0 Å². The number of hydrogen-bond donors (Lipinski definition) is 1. The normalized spacial score (nSPS) is 17.9. The van der Waals surface area contributed by atoms with Gasteiger partial charge in [-0.1, -0.05) is 12.8 Å². The number of alkyl halides is 1. The van der Waals surface area contributed by atoms with Crippen LogP contribution in [-0.2, 0) is 0 Å². The summed E-state index contributed by atoms with van der Waals surface area (Å²) in [5, 5.41) is 3.06. The van der Waals surface area contributed by atoms with Crippen LogP contribution in [-0.4, -0.2) is 18.3 Å². The van der Waals surface area contributed by atoms with Crippen LogP contribution in [0.5, 0.6) is 0 Å². The van der Waals surface area contributed by atoms with E-state index in [4.69, 9.17) is 11.6 Å². The Balaban J connectivity index is 1.95. The molecular formula is C14H20ClNOS. The summed E-state index contributed by atoms with van der Waals surface area (Å²) in [6.07, 6.45) is 4.75. The summed E-state index contributed by atoms with van der Waals surface area (Å²) in [7, 11) is 0. The number of carbonyl (C=O) groups is 1. The van der Waals surface area contributed by atoms with Gasteiger partial charge in [-0.15, -0.1) is 22.9 Å². The fraction of sp³-hybridized carbons (Fsp3) is 0.643. The molecule has 18 heavy (non-hydrogen) atoms. The first-order chi connectivity index (χ1) is 8.56. The lowest BCUT2D eigenvalue weighted by molar-refractivity contribution is 0.0939. The summed E-state index contributed by atoms with van der Waals surface area (Å²) in [6.45, 7) is 4.80. The standard InChI is InChI=1S/C14H20ClNOS/c1-10-7-12(18-11(10)2)13(17)16-9-14(8-15)5-3-4-6-14/h7H,3-6,8-9H2,1-2H3,(H,16,17). The fourth-order valence-corrected chi connectivity index (χ4v) is 3.83. The zero-order chi connectivity index (χ0) is 13.2. The van der Waals surface area contributed by atoms with Gasteiger partial charge in [0, 0.05) is 22.7 Å². The summed E-state index contributed by atoms with van der Waals surface area (Å²) >= 11 is 7.64. The molecule has 1 heterocycles. The smallest absolute Gasteiger partial charge is 0.261 e. The third kappa shape index (κ3) is 2.89. The maximum absolute atomic E-state index is 12.1. The van der Waals surface area contributed by atoms with Crippen molar-refractivity contribution in [2.24, 2.45) is 5.41 Å². The van der Waals surface area contributed by atoms with E-state index in [9.17, 15) is 4.79 Å². The number of nitrogens with one attached hydrogen (secondary N) is 1. The molecule has 2 nitrogen and oxygen atoms in total. The first-order valence-corrected chi connectivity index (χ1v) is 7.83. The van der Waals surface area contributed by atoms with Crippen LogP contribution in [0.1, 0.15) is 45.8 Å². The highest BCUT2D eigenvalue weighted by atomic mass is 35.5. The molecular weight excluding hydrogens is 266 g/mol. The second-order valence-electron chi connectivity index (χ2n) is 5.37. The molecule has 0 saturated heterocycles. The number of hydrogen-bond acceptors (Lipinski definition) is 2. The zero-order valence-electron chi connectivity index (χ0n) is 11.0. The van der Waals surface area contributed by atoms with Gasteiger partial charge in [-0.05, 0) is 38.3 Å². The molecule has 0 aromatic carbocycles. The van der Waals surface area contributed by atoms with E-state index in [1.807, 2.05) is 19.9 Å². The highest BCUT2D eigenvalue weighted by Gasteiger charge is 2.33. The molecule has 1 N–H and O–H groups in total. The van der Waals surface area contributed by atoms with Crippen LogP contribution in [0.3, 0.4) is 0 Å². The third-order valence-corrected chi connectivity index (χ3v) is 5.68. The molecule has 1 aromatic heterocycles. The van der Waals surface area contributed by atoms with Crippen LogP contribution in [0.25, 0.3) is 0 Å². The van der Waals surface area contributed by atoms with E-state index in [0.29, 0.717) is 12.4 Å². The van der Waals surface area contributed by atoms with Crippen molar-refractivity contribution in [2.45, 2.75) is 39.5 Å². The molecule has 0 unspecified atom stereocenters. The van der Waals surface area contributed by atoms with Crippen LogP contribution in [0.15, 0.2) is 6.07 Å². The minimum atomic E-state index is 0.0487. The van der Waals surface area contributed by atoms with E-state index < -0.39 is 0 Å². The van der Waals surface area contributed by atoms with Crippen LogP contribution in [0, 0.1) is 19.3 Å². The molecule has 100 valence electrons. The summed E-state index contributed by atoms with van der Waals surface area (Å²) in [6, 6.07) is 1.97. The number of thiophene rings is 1. The van der Waals surface area contributed by atoms with Gasteiger partial charge >= 0.3 is 0 Å². The van der Waals surface area contributed by atoms with E-state index in [1.165, 1.54) is 23.3 Å². The fourth-order valence-electron chi connectivity index (χ4n) is 2.52. The maximum atomic E-state index is 12.1. The predicted molar refractivity (Wildman–Crippen MR) is 77.7 cm³/mol. The van der Waals surface area contributed by atoms with E-state index in [2.05, 4.69) is 5.32 Å². The first-order valence-electron chi connectivity index (χ1n) is 6.47. The van der Waals surface area contributed by atoms with Crippen LogP contribution < -0.4 is 5.32 Å². The van der Waals surface area contributed by atoms with E-state index in [1.54, 1.807) is 11.3 Å². The summed E-state index contributed by atoms with van der Waals surface area (Å²) < 4.78 is 0. The number of amides is 1. The maximum Gasteiger partial charge on any atom is 0.261 e. The van der Waals surface area contributed by atoms with Crippen LogP contribution in [0.4, 0.5) is 0 Å². The second kappa shape index (κ2) is 5.62.